The number of methoxy groups -OCH3 is 1. The van der Waals surface area contributed by atoms with Crippen molar-refractivity contribution in [3.05, 3.63) is 48.9 Å². The van der Waals surface area contributed by atoms with Crippen LogP contribution in [0.2, 0.25) is 0 Å². The first-order valence-corrected chi connectivity index (χ1v) is 11.4. The number of hydrogen-bond acceptors (Lipinski definition) is 10. The number of benzene rings is 1. The summed E-state index contributed by atoms with van der Waals surface area (Å²) in [5.74, 6) is 0.876. The molecule has 6 rings (SSSR count). The SMILES string of the molecule is [2H]C1([2H])CN(C([2H])([2H])C([2H])([2H])n2ncc3c2nc(N)n2nc(-c4ccco4)nc32)CC([2H])([2H])N1c1ccc(OCCOC)cc1. The molecule has 4 aromatic heterocycles. The van der Waals surface area contributed by atoms with Gasteiger partial charge in [-0.2, -0.15) is 14.6 Å². The molecule has 5 aromatic rings. The number of nitrogen functional groups attached to an aromatic ring is 1. The number of nitrogens with two attached hydrogens (primary N) is 1. The predicted molar refractivity (Wildman–Crippen MR) is 139 cm³/mol. The van der Waals surface area contributed by atoms with Crippen LogP contribution in [0.4, 0.5) is 11.6 Å². The highest BCUT2D eigenvalue weighted by Gasteiger charge is 2.20. The summed E-state index contributed by atoms with van der Waals surface area (Å²) in [6, 6.07) is 9.48. The summed E-state index contributed by atoms with van der Waals surface area (Å²) in [6.07, 6.45) is 2.71. The molecule has 1 aliphatic heterocycles. The summed E-state index contributed by atoms with van der Waals surface area (Å²) in [4.78, 5) is 10.4. The Balaban J connectivity index is 1.31. The van der Waals surface area contributed by atoms with Gasteiger partial charge in [0.05, 0.1) is 39.2 Å². The van der Waals surface area contributed by atoms with Crippen molar-refractivity contribution < 1.29 is 24.9 Å². The van der Waals surface area contributed by atoms with Crippen molar-refractivity contribution >= 4 is 28.3 Å². The quantitative estimate of drug-likeness (QED) is 0.294. The van der Waals surface area contributed by atoms with E-state index in [0.717, 1.165) is 9.80 Å². The molecule has 0 aliphatic carbocycles. The molecule has 12 heteroatoms. The van der Waals surface area contributed by atoms with Crippen molar-refractivity contribution in [1.82, 2.24) is 34.3 Å². The Kier molecular flexibility index (Phi) is 4.31. The normalized spacial score (nSPS) is 21.4. The van der Waals surface area contributed by atoms with Gasteiger partial charge in [0.25, 0.3) is 0 Å². The number of hydrogen-bond donors (Lipinski definition) is 1. The van der Waals surface area contributed by atoms with Crippen LogP contribution in [-0.2, 0) is 11.2 Å². The van der Waals surface area contributed by atoms with Gasteiger partial charge in [-0.3, -0.25) is 4.90 Å². The Morgan fingerprint density at radius 2 is 1.92 bits per heavy atom. The third-order valence-electron chi connectivity index (χ3n) is 5.58. The molecule has 0 saturated carbocycles. The fraction of sp³-hybridized carbons (Fsp3) is 0.360. The number of aromatic nitrogens is 6. The number of aryl methyl sites for hydroxylation is 1. The highest BCUT2D eigenvalue weighted by atomic mass is 16.5. The summed E-state index contributed by atoms with van der Waals surface area (Å²) >= 11 is 0. The minimum atomic E-state index is -2.99. The number of fused-ring (bicyclic) bond motifs is 3. The van der Waals surface area contributed by atoms with Crippen molar-refractivity contribution in [2.75, 3.05) is 63.5 Å². The fourth-order valence-corrected chi connectivity index (χ4v) is 3.74. The second kappa shape index (κ2) is 10.1. The van der Waals surface area contributed by atoms with Gasteiger partial charge in [-0.05, 0) is 36.4 Å². The second-order valence-electron chi connectivity index (χ2n) is 7.98. The zero-order chi connectivity index (χ0) is 32.4. The van der Waals surface area contributed by atoms with E-state index in [1.165, 1.54) is 29.1 Å². The van der Waals surface area contributed by atoms with E-state index in [2.05, 4.69) is 20.2 Å². The molecule has 0 atom stereocenters. The molecule has 0 bridgehead atoms. The summed E-state index contributed by atoms with van der Waals surface area (Å²) in [7, 11) is 1.54. The van der Waals surface area contributed by atoms with E-state index in [1.54, 1.807) is 31.4 Å². The minimum Gasteiger partial charge on any atom is -0.491 e. The highest BCUT2D eigenvalue weighted by Crippen LogP contribution is 2.24. The van der Waals surface area contributed by atoms with Crippen molar-refractivity contribution in [2.45, 2.75) is 6.50 Å². The van der Waals surface area contributed by atoms with E-state index >= 15 is 0 Å². The molecule has 0 amide bonds. The number of piperazine rings is 1. The maximum absolute atomic E-state index is 8.90. The van der Waals surface area contributed by atoms with Crippen LogP contribution in [0, 0.1) is 0 Å². The first kappa shape index (κ1) is 15.8. The molecular formula is C25H29N9O3. The Labute approximate surface area is 224 Å². The molecular weight excluding hydrogens is 474 g/mol. The first-order chi connectivity index (χ1) is 21.2. The standard InChI is InChI=1S/C25H29N9O3/c1-35-15-16-36-19-6-4-18(5-7-19)32-11-8-31(9-12-32)10-13-33-23-20(17-27-33)24-28-22(21-3-2-14-37-21)30-34(24)25(26)29-23/h2-7,14,17H,8-13,15-16H2,1H3,(H2,26,29)/i10D2,11D2,12D2,13D2. The van der Waals surface area contributed by atoms with E-state index in [-0.39, 0.29) is 34.1 Å². The summed E-state index contributed by atoms with van der Waals surface area (Å²) in [5.41, 5.74) is 6.38. The molecule has 12 nitrogen and oxygen atoms in total. The van der Waals surface area contributed by atoms with Gasteiger partial charge in [-0.15, -0.1) is 5.10 Å². The van der Waals surface area contributed by atoms with Gasteiger partial charge in [0.15, 0.2) is 17.1 Å². The average Bonchev–Trinajstić information content (AvgIpc) is 3.72. The fourth-order valence-electron chi connectivity index (χ4n) is 3.74. The van der Waals surface area contributed by atoms with Crippen molar-refractivity contribution in [3.8, 4) is 17.3 Å². The Morgan fingerprint density at radius 1 is 1.08 bits per heavy atom. The van der Waals surface area contributed by atoms with Gasteiger partial charge in [-0.1, -0.05) is 0 Å². The van der Waals surface area contributed by atoms with Gasteiger partial charge in [0.2, 0.25) is 11.8 Å². The van der Waals surface area contributed by atoms with Crippen LogP contribution in [0.1, 0.15) is 11.0 Å². The molecule has 5 heterocycles. The first-order valence-electron chi connectivity index (χ1n) is 15.4. The third-order valence-corrected chi connectivity index (χ3v) is 5.58. The van der Waals surface area contributed by atoms with Crippen LogP contribution in [-0.4, -0.2) is 87.2 Å². The molecule has 192 valence electrons. The molecule has 0 spiro atoms. The maximum atomic E-state index is 8.90. The monoisotopic (exact) mass is 511 g/mol. The van der Waals surface area contributed by atoms with Crippen molar-refractivity contribution in [2.24, 2.45) is 0 Å². The second-order valence-corrected chi connectivity index (χ2v) is 7.98. The minimum absolute atomic E-state index is 0.135. The highest BCUT2D eigenvalue weighted by molar-refractivity contribution is 5.90. The number of rotatable bonds is 9. The van der Waals surface area contributed by atoms with Crippen molar-refractivity contribution in [3.63, 3.8) is 0 Å². The molecule has 1 aromatic carbocycles. The number of anilines is 2. The van der Waals surface area contributed by atoms with Gasteiger partial charge < -0.3 is 24.5 Å². The van der Waals surface area contributed by atoms with Gasteiger partial charge in [0, 0.05) is 48.1 Å². The van der Waals surface area contributed by atoms with Gasteiger partial charge in [-0.25, -0.2) is 9.67 Å². The molecule has 0 unspecified atom stereocenters. The lowest BCUT2D eigenvalue weighted by Crippen LogP contribution is -2.47. The van der Waals surface area contributed by atoms with Crippen molar-refractivity contribution in [1.29, 1.82) is 0 Å². The molecule has 1 saturated heterocycles. The maximum Gasteiger partial charge on any atom is 0.225 e. The smallest absolute Gasteiger partial charge is 0.225 e. The molecule has 1 fully saturated rings. The molecule has 0 radical (unpaired) electrons. The zero-order valence-corrected chi connectivity index (χ0v) is 19.8. The molecule has 37 heavy (non-hydrogen) atoms. The van der Waals surface area contributed by atoms with Gasteiger partial charge >= 0.3 is 0 Å². The predicted octanol–water partition coefficient (Wildman–Crippen LogP) is 2.16. The lowest BCUT2D eigenvalue weighted by Gasteiger charge is -2.36. The summed E-state index contributed by atoms with van der Waals surface area (Å²) in [6.45, 7) is -11.6. The van der Waals surface area contributed by atoms with E-state index < -0.39 is 39.1 Å². The van der Waals surface area contributed by atoms with Crippen LogP contribution in [0.5, 0.6) is 5.75 Å². The number of nitrogens with zero attached hydrogens (tertiary/aromatic N) is 8. The van der Waals surface area contributed by atoms with Crippen LogP contribution in [0.15, 0.2) is 53.3 Å². The number of ether oxygens (including phenoxy) is 2. The van der Waals surface area contributed by atoms with E-state index in [0.29, 0.717) is 29.4 Å². The largest absolute Gasteiger partial charge is 0.491 e. The van der Waals surface area contributed by atoms with Crippen LogP contribution < -0.4 is 15.4 Å². The third kappa shape index (κ3) is 4.68. The van der Waals surface area contributed by atoms with Crippen LogP contribution in [0.3, 0.4) is 0 Å². The topological polar surface area (TPSA) is 125 Å². The number of furan rings is 1. The zero-order valence-electron chi connectivity index (χ0n) is 27.8. The lowest BCUT2D eigenvalue weighted by atomic mass is 10.2. The average molecular weight is 512 g/mol. The lowest BCUT2D eigenvalue weighted by molar-refractivity contribution is 0.146. The molecule has 2 N–H and O–H groups in total. The summed E-state index contributed by atoms with van der Waals surface area (Å²) < 4.78 is 88.4. The summed E-state index contributed by atoms with van der Waals surface area (Å²) in [5, 5.41) is 8.61. The Bertz CT molecular complexity index is 1810. The van der Waals surface area contributed by atoms with E-state index in [9.17, 15) is 0 Å². The van der Waals surface area contributed by atoms with E-state index in [1.807, 2.05) is 0 Å². The van der Waals surface area contributed by atoms with Crippen LogP contribution in [0.25, 0.3) is 28.3 Å². The molecule has 1 aliphatic rings. The van der Waals surface area contributed by atoms with E-state index in [4.69, 9.17) is 30.6 Å². The Morgan fingerprint density at radius 3 is 2.68 bits per heavy atom. The Hall–Kier alpha value is -4.16. The van der Waals surface area contributed by atoms with Crippen LogP contribution >= 0.6 is 0 Å². The van der Waals surface area contributed by atoms with Gasteiger partial charge in [0.1, 0.15) is 12.4 Å².